The summed E-state index contributed by atoms with van der Waals surface area (Å²) >= 11 is 0. The third-order valence-electron chi connectivity index (χ3n) is 2.83. The van der Waals surface area contributed by atoms with Gasteiger partial charge in [-0.2, -0.15) is 23.4 Å². The normalized spacial score (nSPS) is 11.7. The molecule has 0 aliphatic carbocycles. The first-order valence-electron chi connectivity index (χ1n) is 6.10. The molecule has 6 nitrogen and oxygen atoms in total. The monoisotopic (exact) mass is 302 g/mol. The molecular formula is C12H13F3N4O2. The molecule has 0 fully saturated rings. The maximum atomic E-state index is 12.5. The number of hydrogen-bond donors (Lipinski definition) is 0. The summed E-state index contributed by atoms with van der Waals surface area (Å²) in [5.74, 6) is -0.566. The van der Waals surface area contributed by atoms with Crippen molar-refractivity contribution in [3.05, 3.63) is 35.4 Å². The first kappa shape index (κ1) is 15.1. The van der Waals surface area contributed by atoms with Crippen molar-refractivity contribution in [3.63, 3.8) is 0 Å². The molecule has 0 aliphatic rings. The van der Waals surface area contributed by atoms with Gasteiger partial charge in [0.05, 0.1) is 36.8 Å². The molecule has 0 aliphatic heterocycles. The van der Waals surface area contributed by atoms with E-state index in [0.717, 1.165) is 17.1 Å². The van der Waals surface area contributed by atoms with Gasteiger partial charge in [-0.1, -0.05) is 0 Å². The second-order valence-electron chi connectivity index (χ2n) is 4.27. The maximum Gasteiger partial charge on any atom is 0.419 e. The Balaban J connectivity index is 2.25. The molecule has 0 radical (unpaired) electrons. The zero-order valence-corrected chi connectivity index (χ0v) is 11.4. The molecule has 0 spiro atoms. The van der Waals surface area contributed by atoms with Gasteiger partial charge in [0.2, 0.25) is 0 Å². The molecule has 21 heavy (non-hydrogen) atoms. The van der Waals surface area contributed by atoms with Gasteiger partial charge in [-0.15, -0.1) is 0 Å². The van der Waals surface area contributed by atoms with Crippen molar-refractivity contribution in [3.8, 4) is 0 Å². The van der Waals surface area contributed by atoms with E-state index in [1.807, 2.05) is 0 Å². The smallest absolute Gasteiger partial charge is 0.419 e. The SMILES string of the molecule is CCOC(=O)c1cnn(C)c1Cn1cc(C(F)(F)F)cn1. The van der Waals surface area contributed by atoms with Crippen LogP contribution in [-0.2, 0) is 24.5 Å². The molecule has 0 unspecified atom stereocenters. The van der Waals surface area contributed by atoms with Gasteiger partial charge in [0, 0.05) is 13.2 Å². The number of esters is 1. The second kappa shape index (κ2) is 5.58. The van der Waals surface area contributed by atoms with Crippen molar-refractivity contribution >= 4 is 5.97 Å². The quantitative estimate of drug-likeness (QED) is 0.809. The first-order valence-corrected chi connectivity index (χ1v) is 6.10. The van der Waals surface area contributed by atoms with Gasteiger partial charge < -0.3 is 4.74 Å². The lowest BCUT2D eigenvalue weighted by Gasteiger charge is -2.06. The van der Waals surface area contributed by atoms with Crippen LogP contribution in [0.15, 0.2) is 18.6 Å². The minimum Gasteiger partial charge on any atom is -0.462 e. The first-order chi connectivity index (χ1) is 9.82. The number of nitrogens with zero attached hydrogens (tertiary/aromatic N) is 4. The van der Waals surface area contributed by atoms with Crippen LogP contribution in [0.2, 0.25) is 0 Å². The van der Waals surface area contributed by atoms with Crippen LogP contribution in [-0.4, -0.2) is 32.1 Å². The second-order valence-corrected chi connectivity index (χ2v) is 4.27. The van der Waals surface area contributed by atoms with Crippen molar-refractivity contribution < 1.29 is 22.7 Å². The molecule has 114 valence electrons. The van der Waals surface area contributed by atoms with E-state index < -0.39 is 17.7 Å². The third kappa shape index (κ3) is 3.23. The molecule has 0 bridgehead atoms. The van der Waals surface area contributed by atoms with Gasteiger partial charge in [-0.25, -0.2) is 4.79 Å². The van der Waals surface area contributed by atoms with Gasteiger partial charge in [-0.3, -0.25) is 9.36 Å². The highest BCUT2D eigenvalue weighted by molar-refractivity contribution is 5.90. The summed E-state index contributed by atoms with van der Waals surface area (Å²) in [7, 11) is 1.59. The fraction of sp³-hybridized carbons (Fsp3) is 0.417. The number of carbonyl (C=O) groups excluding carboxylic acids is 1. The fourth-order valence-electron chi connectivity index (χ4n) is 1.78. The summed E-state index contributed by atoms with van der Waals surface area (Å²) in [6.07, 6.45) is -1.52. The maximum absolute atomic E-state index is 12.5. The highest BCUT2D eigenvalue weighted by Gasteiger charge is 2.32. The number of hydrogen-bond acceptors (Lipinski definition) is 4. The largest absolute Gasteiger partial charge is 0.462 e. The fourth-order valence-corrected chi connectivity index (χ4v) is 1.78. The predicted molar refractivity (Wildman–Crippen MR) is 65.5 cm³/mol. The van der Waals surface area contributed by atoms with Crippen LogP contribution in [0, 0.1) is 0 Å². The zero-order chi connectivity index (χ0) is 15.6. The average Bonchev–Trinajstić information content (AvgIpc) is 2.98. The lowest BCUT2D eigenvalue weighted by Crippen LogP contribution is -2.12. The predicted octanol–water partition coefficient (Wildman–Crippen LogP) is 1.86. The van der Waals surface area contributed by atoms with Crippen LogP contribution in [0.4, 0.5) is 13.2 Å². The van der Waals surface area contributed by atoms with Crippen LogP contribution >= 0.6 is 0 Å². The highest BCUT2D eigenvalue weighted by atomic mass is 19.4. The van der Waals surface area contributed by atoms with E-state index in [9.17, 15) is 18.0 Å². The number of alkyl halides is 3. The summed E-state index contributed by atoms with van der Waals surface area (Å²) in [6, 6.07) is 0. The van der Waals surface area contributed by atoms with Gasteiger partial charge in [0.15, 0.2) is 0 Å². The molecule has 2 rings (SSSR count). The van der Waals surface area contributed by atoms with Crippen molar-refractivity contribution in [2.24, 2.45) is 7.05 Å². The highest BCUT2D eigenvalue weighted by Crippen LogP contribution is 2.28. The van der Waals surface area contributed by atoms with Crippen LogP contribution in [0.3, 0.4) is 0 Å². The standard InChI is InChI=1S/C12H13F3N4O2/c1-3-21-11(20)9-5-16-18(2)10(9)7-19-6-8(4-17-19)12(13,14)15/h4-6H,3,7H2,1-2H3. The van der Waals surface area contributed by atoms with E-state index in [4.69, 9.17) is 4.74 Å². The topological polar surface area (TPSA) is 61.9 Å². The molecule has 0 saturated carbocycles. The van der Waals surface area contributed by atoms with E-state index in [1.54, 1.807) is 14.0 Å². The Morgan fingerprint density at radius 2 is 2.05 bits per heavy atom. The van der Waals surface area contributed by atoms with Crippen LogP contribution < -0.4 is 0 Å². The van der Waals surface area contributed by atoms with Gasteiger partial charge >= 0.3 is 12.1 Å². The van der Waals surface area contributed by atoms with E-state index in [1.165, 1.54) is 10.9 Å². The van der Waals surface area contributed by atoms with E-state index in [-0.39, 0.29) is 18.7 Å². The van der Waals surface area contributed by atoms with Gasteiger partial charge in [0.25, 0.3) is 0 Å². The summed E-state index contributed by atoms with van der Waals surface area (Å²) in [5, 5.41) is 7.57. The van der Waals surface area contributed by atoms with Crippen LogP contribution in [0.1, 0.15) is 28.5 Å². The van der Waals surface area contributed by atoms with Crippen molar-refractivity contribution in [2.75, 3.05) is 6.61 Å². The molecular weight excluding hydrogens is 289 g/mol. The Morgan fingerprint density at radius 3 is 2.62 bits per heavy atom. The Bertz CT molecular complexity index is 645. The Kier molecular flexibility index (Phi) is 4.01. The zero-order valence-electron chi connectivity index (χ0n) is 11.4. The van der Waals surface area contributed by atoms with E-state index >= 15 is 0 Å². The van der Waals surface area contributed by atoms with Crippen LogP contribution in [0.25, 0.3) is 0 Å². The molecule has 9 heteroatoms. The van der Waals surface area contributed by atoms with E-state index in [2.05, 4.69) is 10.2 Å². The number of halogens is 3. The third-order valence-corrected chi connectivity index (χ3v) is 2.83. The molecule has 0 aromatic carbocycles. The Hall–Kier alpha value is -2.32. The molecule has 0 saturated heterocycles. The molecule has 0 N–H and O–H groups in total. The number of aryl methyl sites for hydroxylation is 1. The molecule has 2 aromatic rings. The summed E-state index contributed by atoms with van der Waals surface area (Å²) < 4.78 is 44.9. The molecule has 0 atom stereocenters. The molecule has 2 heterocycles. The molecule has 0 amide bonds. The Labute approximate surface area is 118 Å². The van der Waals surface area contributed by atoms with Crippen molar-refractivity contribution in [2.45, 2.75) is 19.6 Å². The lowest BCUT2D eigenvalue weighted by molar-refractivity contribution is -0.137. The summed E-state index contributed by atoms with van der Waals surface area (Å²) in [6.45, 7) is 1.85. The number of carbonyl (C=O) groups is 1. The lowest BCUT2D eigenvalue weighted by atomic mass is 10.2. The number of aromatic nitrogens is 4. The van der Waals surface area contributed by atoms with E-state index in [0.29, 0.717) is 5.69 Å². The van der Waals surface area contributed by atoms with Crippen LogP contribution in [0.5, 0.6) is 0 Å². The summed E-state index contributed by atoms with van der Waals surface area (Å²) in [5.41, 5.74) is -0.212. The van der Waals surface area contributed by atoms with Gasteiger partial charge in [0.1, 0.15) is 5.56 Å². The summed E-state index contributed by atoms with van der Waals surface area (Å²) in [4.78, 5) is 11.7. The van der Waals surface area contributed by atoms with Crippen molar-refractivity contribution in [1.29, 1.82) is 0 Å². The van der Waals surface area contributed by atoms with Crippen molar-refractivity contribution in [1.82, 2.24) is 19.6 Å². The average molecular weight is 302 g/mol. The minimum atomic E-state index is -4.45. The molecule has 2 aromatic heterocycles. The Morgan fingerprint density at radius 1 is 1.33 bits per heavy atom. The number of rotatable bonds is 4. The van der Waals surface area contributed by atoms with Gasteiger partial charge in [-0.05, 0) is 6.92 Å². The number of ether oxygens (including phenoxy) is 1. The minimum absolute atomic E-state index is 0.0132.